The van der Waals surface area contributed by atoms with Crippen molar-refractivity contribution in [2.75, 3.05) is 13.6 Å². The quantitative estimate of drug-likeness (QED) is 0.748. The van der Waals surface area contributed by atoms with Gasteiger partial charge in [-0.15, -0.1) is 0 Å². The fourth-order valence-electron chi connectivity index (χ4n) is 4.85. The van der Waals surface area contributed by atoms with Crippen molar-refractivity contribution in [3.8, 4) is 0 Å². The molecule has 0 aromatic carbocycles. The van der Waals surface area contributed by atoms with Crippen LogP contribution >= 0.6 is 0 Å². The van der Waals surface area contributed by atoms with E-state index in [4.69, 9.17) is 0 Å². The fourth-order valence-corrected chi connectivity index (χ4v) is 4.85. The Morgan fingerprint density at radius 2 is 1.47 bits per heavy atom. The van der Waals surface area contributed by atoms with E-state index in [1.54, 1.807) is 0 Å². The Kier molecular flexibility index (Phi) is 6.19. The standard InChI is InChI=1S/C18H35N/c1-4-14-6-9-16(10-7-14)18-12-15(5-2)8-11-17(18)13-19-3/h14-19H,4-13H2,1-3H3. The normalized spacial score (nSPS) is 40.3. The molecule has 1 nitrogen and oxygen atoms in total. The minimum absolute atomic E-state index is 0.968. The highest BCUT2D eigenvalue weighted by Gasteiger charge is 2.36. The van der Waals surface area contributed by atoms with E-state index < -0.39 is 0 Å². The molecule has 0 aromatic heterocycles. The topological polar surface area (TPSA) is 12.0 Å². The maximum atomic E-state index is 3.46. The Labute approximate surface area is 120 Å². The van der Waals surface area contributed by atoms with E-state index in [-0.39, 0.29) is 0 Å². The zero-order valence-corrected chi connectivity index (χ0v) is 13.5. The molecule has 1 N–H and O–H groups in total. The van der Waals surface area contributed by atoms with Gasteiger partial charge in [0.25, 0.3) is 0 Å². The summed E-state index contributed by atoms with van der Waals surface area (Å²) in [5, 5.41) is 3.46. The lowest BCUT2D eigenvalue weighted by molar-refractivity contribution is 0.0831. The van der Waals surface area contributed by atoms with Crippen LogP contribution in [0.3, 0.4) is 0 Å². The molecule has 2 rings (SSSR count). The van der Waals surface area contributed by atoms with Crippen LogP contribution in [0.15, 0.2) is 0 Å². The second-order valence-electron chi connectivity index (χ2n) is 7.26. The molecule has 2 aliphatic carbocycles. The Balaban J connectivity index is 1.93. The van der Waals surface area contributed by atoms with Gasteiger partial charge in [0.1, 0.15) is 0 Å². The summed E-state index contributed by atoms with van der Waals surface area (Å²) in [4.78, 5) is 0. The van der Waals surface area contributed by atoms with Gasteiger partial charge in [0.05, 0.1) is 0 Å². The summed E-state index contributed by atoms with van der Waals surface area (Å²) in [6, 6.07) is 0. The molecule has 0 aliphatic heterocycles. The molecule has 3 unspecified atom stereocenters. The third kappa shape index (κ3) is 3.97. The Bertz CT molecular complexity index is 242. The van der Waals surface area contributed by atoms with E-state index in [0.29, 0.717) is 0 Å². The maximum absolute atomic E-state index is 3.46. The summed E-state index contributed by atoms with van der Waals surface area (Å²) in [7, 11) is 2.14. The largest absolute Gasteiger partial charge is 0.319 e. The summed E-state index contributed by atoms with van der Waals surface area (Å²) in [6.07, 6.45) is 13.4. The number of hydrogen-bond acceptors (Lipinski definition) is 1. The van der Waals surface area contributed by atoms with Gasteiger partial charge >= 0.3 is 0 Å². The van der Waals surface area contributed by atoms with Crippen LogP contribution in [-0.4, -0.2) is 13.6 Å². The molecule has 0 radical (unpaired) electrons. The minimum atomic E-state index is 0.968. The first kappa shape index (κ1) is 15.4. The average molecular weight is 265 g/mol. The maximum Gasteiger partial charge on any atom is -0.00208 e. The van der Waals surface area contributed by atoms with E-state index in [9.17, 15) is 0 Å². The highest BCUT2D eigenvalue weighted by molar-refractivity contribution is 4.87. The van der Waals surface area contributed by atoms with Gasteiger partial charge in [-0.2, -0.15) is 0 Å². The van der Waals surface area contributed by atoms with Gasteiger partial charge in [-0.25, -0.2) is 0 Å². The first-order valence-electron chi connectivity index (χ1n) is 8.93. The lowest BCUT2D eigenvalue weighted by atomic mass is 9.63. The number of rotatable bonds is 5. The highest BCUT2D eigenvalue weighted by Crippen LogP contribution is 2.45. The van der Waals surface area contributed by atoms with E-state index >= 15 is 0 Å². The molecule has 1 heteroatoms. The second-order valence-corrected chi connectivity index (χ2v) is 7.26. The van der Waals surface area contributed by atoms with Gasteiger partial charge in [-0.1, -0.05) is 46.0 Å². The smallest absolute Gasteiger partial charge is 0.00208 e. The highest BCUT2D eigenvalue weighted by atomic mass is 14.8. The zero-order chi connectivity index (χ0) is 13.7. The molecular formula is C18H35N. The predicted octanol–water partition coefficient (Wildman–Crippen LogP) is 4.86. The van der Waals surface area contributed by atoms with Gasteiger partial charge in [0, 0.05) is 0 Å². The van der Waals surface area contributed by atoms with Crippen molar-refractivity contribution in [2.24, 2.45) is 29.6 Å². The Morgan fingerprint density at radius 1 is 0.842 bits per heavy atom. The molecule has 0 amide bonds. The van der Waals surface area contributed by atoms with E-state index in [0.717, 1.165) is 29.6 Å². The SMILES string of the molecule is CCC1CCC(C2CC(CC)CCC2CNC)CC1. The van der Waals surface area contributed by atoms with Gasteiger partial charge in [0.2, 0.25) is 0 Å². The Hall–Kier alpha value is -0.0400. The molecule has 0 spiro atoms. The molecule has 0 bridgehead atoms. The zero-order valence-electron chi connectivity index (χ0n) is 13.5. The molecule has 19 heavy (non-hydrogen) atoms. The first-order valence-corrected chi connectivity index (χ1v) is 8.93. The van der Waals surface area contributed by atoms with Gasteiger partial charge in [-0.05, 0) is 68.9 Å². The van der Waals surface area contributed by atoms with Crippen LogP contribution < -0.4 is 5.32 Å². The summed E-state index contributed by atoms with van der Waals surface area (Å²) >= 11 is 0. The summed E-state index contributed by atoms with van der Waals surface area (Å²) in [6.45, 7) is 6.03. The second kappa shape index (κ2) is 7.67. The monoisotopic (exact) mass is 265 g/mol. The van der Waals surface area contributed by atoms with E-state index in [1.807, 2.05) is 0 Å². The van der Waals surface area contributed by atoms with Gasteiger partial charge < -0.3 is 5.32 Å². The van der Waals surface area contributed by atoms with Crippen molar-refractivity contribution in [3.05, 3.63) is 0 Å². The van der Waals surface area contributed by atoms with Crippen LogP contribution in [0, 0.1) is 29.6 Å². The number of hydrogen-bond donors (Lipinski definition) is 1. The van der Waals surface area contributed by atoms with Crippen LogP contribution in [0.4, 0.5) is 0 Å². The molecule has 0 heterocycles. The van der Waals surface area contributed by atoms with Gasteiger partial charge in [0.15, 0.2) is 0 Å². The molecule has 112 valence electrons. The lowest BCUT2D eigenvalue weighted by Crippen LogP contribution is -2.37. The summed E-state index contributed by atoms with van der Waals surface area (Å²) in [5.74, 6) is 5.13. The van der Waals surface area contributed by atoms with Crippen LogP contribution in [-0.2, 0) is 0 Å². The van der Waals surface area contributed by atoms with Crippen molar-refractivity contribution in [1.82, 2.24) is 5.32 Å². The van der Waals surface area contributed by atoms with Crippen molar-refractivity contribution in [1.29, 1.82) is 0 Å². The van der Waals surface area contributed by atoms with Crippen molar-refractivity contribution in [2.45, 2.75) is 71.6 Å². The lowest BCUT2D eigenvalue weighted by Gasteiger charge is -2.43. The van der Waals surface area contributed by atoms with Gasteiger partial charge in [-0.3, -0.25) is 0 Å². The molecular weight excluding hydrogens is 230 g/mol. The van der Waals surface area contributed by atoms with Crippen molar-refractivity contribution < 1.29 is 0 Å². The summed E-state index contributed by atoms with van der Waals surface area (Å²) in [5.41, 5.74) is 0. The molecule has 0 saturated heterocycles. The van der Waals surface area contributed by atoms with E-state index in [2.05, 4.69) is 26.2 Å². The van der Waals surface area contributed by atoms with Crippen LogP contribution in [0.5, 0.6) is 0 Å². The van der Waals surface area contributed by atoms with Crippen LogP contribution in [0.1, 0.15) is 71.6 Å². The molecule has 0 aromatic rings. The predicted molar refractivity (Wildman–Crippen MR) is 84.3 cm³/mol. The molecule has 2 fully saturated rings. The van der Waals surface area contributed by atoms with Crippen LogP contribution in [0.2, 0.25) is 0 Å². The van der Waals surface area contributed by atoms with Crippen LogP contribution in [0.25, 0.3) is 0 Å². The molecule has 2 saturated carbocycles. The first-order chi connectivity index (χ1) is 9.28. The number of nitrogens with one attached hydrogen (secondary N) is 1. The molecule has 3 atom stereocenters. The third-order valence-corrected chi connectivity index (χ3v) is 6.27. The fraction of sp³-hybridized carbons (Fsp3) is 1.00. The molecule has 2 aliphatic rings. The average Bonchev–Trinajstić information content (AvgIpc) is 2.48. The van der Waals surface area contributed by atoms with E-state index in [1.165, 1.54) is 64.3 Å². The third-order valence-electron chi connectivity index (χ3n) is 6.27. The Morgan fingerprint density at radius 3 is 2.05 bits per heavy atom. The van der Waals surface area contributed by atoms with Crippen molar-refractivity contribution >= 4 is 0 Å². The van der Waals surface area contributed by atoms with Crippen molar-refractivity contribution in [3.63, 3.8) is 0 Å². The summed E-state index contributed by atoms with van der Waals surface area (Å²) < 4.78 is 0. The minimum Gasteiger partial charge on any atom is -0.319 e.